The number of hydrogen-bond donors (Lipinski definition) is 1. The molecule has 98 valence electrons. The summed E-state index contributed by atoms with van der Waals surface area (Å²) in [6.07, 6.45) is 0.735. The average molecular weight is 248 g/mol. The zero-order chi connectivity index (χ0) is 13.8. The molecule has 0 heterocycles. The molecule has 0 spiro atoms. The van der Waals surface area contributed by atoms with Crippen LogP contribution in [0, 0.1) is 0 Å². The Morgan fingerprint density at radius 1 is 1.17 bits per heavy atom. The summed E-state index contributed by atoms with van der Waals surface area (Å²) in [7, 11) is 0. The van der Waals surface area contributed by atoms with Gasteiger partial charge in [0.1, 0.15) is 0 Å². The number of benzene rings is 1. The van der Waals surface area contributed by atoms with Crippen LogP contribution < -0.4 is 0 Å². The first-order chi connectivity index (χ1) is 8.30. The Hall–Kier alpha value is -1.64. The first-order valence-electron chi connectivity index (χ1n) is 6.16. The molecule has 0 amide bonds. The number of rotatable bonds is 5. The molecule has 3 heteroatoms. The lowest BCUT2D eigenvalue weighted by Gasteiger charge is -2.19. The zero-order valence-electron chi connectivity index (χ0n) is 11.2. The van der Waals surface area contributed by atoms with Crippen LogP contribution in [0.5, 0.6) is 0 Å². The normalized spacial score (nSPS) is 11.3. The molecule has 18 heavy (non-hydrogen) atoms. The van der Waals surface area contributed by atoms with Gasteiger partial charge >= 0.3 is 5.97 Å². The van der Waals surface area contributed by atoms with E-state index in [2.05, 4.69) is 20.8 Å². The fourth-order valence-corrected chi connectivity index (χ4v) is 1.70. The van der Waals surface area contributed by atoms with Gasteiger partial charge in [-0.2, -0.15) is 0 Å². The zero-order valence-corrected chi connectivity index (χ0v) is 11.2. The van der Waals surface area contributed by atoms with Crippen molar-refractivity contribution in [1.82, 2.24) is 0 Å². The first-order valence-corrected chi connectivity index (χ1v) is 6.16. The van der Waals surface area contributed by atoms with Crippen LogP contribution in [0.25, 0.3) is 0 Å². The van der Waals surface area contributed by atoms with Crippen LogP contribution in [-0.2, 0) is 10.2 Å². The molecule has 1 aromatic carbocycles. The highest BCUT2D eigenvalue weighted by Crippen LogP contribution is 2.23. The highest BCUT2D eigenvalue weighted by atomic mass is 16.4. The van der Waals surface area contributed by atoms with E-state index >= 15 is 0 Å². The lowest BCUT2D eigenvalue weighted by molar-refractivity contribution is -0.137. The number of carboxylic acids is 1. The second kappa shape index (κ2) is 5.80. The Balaban J connectivity index is 2.72. The summed E-state index contributed by atoms with van der Waals surface area (Å²) in [5.74, 6) is -0.839. The van der Waals surface area contributed by atoms with Crippen molar-refractivity contribution in [3.05, 3.63) is 35.4 Å². The van der Waals surface area contributed by atoms with Gasteiger partial charge in [-0.1, -0.05) is 39.0 Å². The van der Waals surface area contributed by atoms with E-state index in [4.69, 9.17) is 5.11 Å². The molecule has 0 aliphatic carbocycles. The topological polar surface area (TPSA) is 54.4 Å². The first kappa shape index (κ1) is 14.4. The molecule has 1 rings (SSSR count). The van der Waals surface area contributed by atoms with Crippen LogP contribution in [0.15, 0.2) is 24.3 Å². The summed E-state index contributed by atoms with van der Waals surface area (Å²) >= 11 is 0. The lowest BCUT2D eigenvalue weighted by atomic mass is 9.85. The van der Waals surface area contributed by atoms with Crippen LogP contribution in [0.4, 0.5) is 0 Å². The van der Waals surface area contributed by atoms with Gasteiger partial charge in [0, 0.05) is 18.4 Å². The van der Waals surface area contributed by atoms with E-state index in [0.29, 0.717) is 18.4 Å². The summed E-state index contributed by atoms with van der Waals surface area (Å²) in [4.78, 5) is 22.3. The number of carbonyl (C=O) groups excluding carboxylic acids is 1. The van der Waals surface area contributed by atoms with Crippen molar-refractivity contribution in [3.8, 4) is 0 Å². The minimum Gasteiger partial charge on any atom is -0.481 e. The third kappa shape index (κ3) is 4.32. The minimum atomic E-state index is -0.855. The number of Topliss-reactive ketones (excluding diaryl/α,β-unsaturated/α-hetero) is 1. The highest BCUT2D eigenvalue weighted by molar-refractivity contribution is 5.96. The van der Waals surface area contributed by atoms with E-state index in [9.17, 15) is 9.59 Å². The van der Waals surface area contributed by atoms with E-state index in [1.807, 2.05) is 18.2 Å². The molecule has 0 aliphatic heterocycles. The van der Waals surface area contributed by atoms with E-state index in [1.54, 1.807) is 6.07 Å². The van der Waals surface area contributed by atoms with Crippen LogP contribution in [0.3, 0.4) is 0 Å². The van der Waals surface area contributed by atoms with E-state index in [1.165, 1.54) is 0 Å². The quantitative estimate of drug-likeness (QED) is 0.812. The SMILES string of the molecule is CC(C)(C)c1cccc(C(=O)CCCC(=O)O)c1. The molecule has 0 saturated heterocycles. The Bertz CT molecular complexity index is 441. The maximum absolute atomic E-state index is 11.9. The minimum absolute atomic E-state index is 0.0113. The smallest absolute Gasteiger partial charge is 0.303 e. The molecule has 0 atom stereocenters. The van der Waals surface area contributed by atoms with E-state index in [0.717, 1.165) is 5.56 Å². The molecule has 0 bridgehead atoms. The van der Waals surface area contributed by atoms with Gasteiger partial charge in [0.15, 0.2) is 5.78 Å². The number of ketones is 1. The van der Waals surface area contributed by atoms with Crippen molar-refractivity contribution in [1.29, 1.82) is 0 Å². The predicted octanol–water partition coefficient (Wildman–Crippen LogP) is 3.42. The molecule has 0 saturated carbocycles. The van der Waals surface area contributed by atoms with Crippen LogP contribution in [0.2, 0.25) is 0 Å². The molecule has 0 radical (unpaired) electrons. The molecule has 1 N–H and O–H groups in total. The van der Waals surface area contributed by atoms with Gasteiger partial charge in [-0.05, 0) is 23.5 Å². The Kier molecular flexibility index (Phi) is 4.65. The standard InChI is InChI=1S/C15H20O3/c1-15(2,3)12-7-4-6-11(10-12)13(16)8-5-9-14(17)18/h4,6-7,10H,5,8-9H2,1-3H3,(H,17,18). The number of aliphatic carboxylic acids is 1. The third-order valence-corrected chi connectivity index (χ3v) is 2.85. The van der Waals surface area contributed by atoms with Crippen molar-refractivity contribution < 1.29 is 14.7 Å². The van der Waals surface area contributed by atoms with Crippen molar-refractivity contribution in [2.24, 2.45) is 0 Å². The predicted molar refractivity (Wildman–Crippen MR) is 71.0 cm³/mol. The molecule has 0 aromatic heterocycles. The summed E-state index contributed by atoms with van der Waals surface area (Å²) in [6, 6.07) is 7.58. The molecule has 0 fully saturated rings. The van der Waals surface area contributed by atoms with Gasteiger partial charge in [0.2, 0.25) is 0 Å². The third-order valence-electron chi connectivity index (χ3n) is 2.85. The lowest BCUT2D eigenvalue weighted by Crippen LogP contribution is -2.12. The summed E-state index contributed by atoms with van der Waals surface area (Å²) in [5, 5.41) is 8.54. The largest absolute Gasteiger partial charge is 0.481 e. The van der Waals surface area contributed by atoms with Gasteiger partial charge in [-0.15, -0.1) is 0 Å². The van der Waals surface area contributed by atoms with Crippen molar-refractivity contribution in [2.75, 3.05) is 0 Å². The fourth-order valence-electron chi connectivity index (χ4n) is 1.70. The van der Waals surface area contributed by atoms with Gasteiger partial charge in [-0.3, -0.25) is 9.59 Å². The monoisotopic (exact) mass is 248 g/mol. The number of carbonyl (C=O) groups is 2. The van der Waals surface area contributed by atoms with E-state index < -0.39 is 5.97 Å². The number of hydrogen-bond acceptors (Lipinski definition) is 2. The highest BCUT2D eigenvalue weighted by Gasteiger charge is 2.15. The van der Waals surface area contributed by atoms with Gasteiger partial charge < -0.3 is 5.11 Å². The van der Waals surface area contributed by atoms with Crippen LogP contribution in [-0.4, -0.2) is 16.9 Å². The summed E-state index contributed by atoms with van der Waals surface area (Å²) in [5.41, 5.74) is 1.80. The summed E-state index contributed by atoms with van der Waals surface area (Å²) in [6.45, 7) is 6.29. The Morgan fingerprint density at radius 2 is 1.83 bits per heavy atom. The molecular formula is C15H20O3. The molecule has 0 aliphatic rings. The maximum Gasteiger partial charge on any atom is 0.303 e. The second-order valence-electron chi connectivity index (χ2n) is 5.50. The Labute approximate surface area is 108 Å². The van der Waals surface area contributed by atoms with Crippen LogP contribution >= 0.6 is 0 Å². The molecule has 3 nitrogen and oxygen atoms in total. The van der Waals surface area contributed by atoms with E-state index in [-0.39, 0.29) is 17.6 Å². The molecule has 1 aromatic rings. The maximum atomic E-state index is 11.9. The molecule has 0 unspecified atom stereocenters. The van der Waals surface area contributed by atoms with Gasteiger partial charge in [-0.25, -0.2) is 0 Å². The number of carboxylic acid groups (broad SMARTS) is 1. The van der Waals surface area contributed by atoms with Gasteiger partial charge in [0.25, 0.3) is 0 Å². The Morgan fingerprint density at radius 3 is 2.39 bits per heavy atom. The van der Waals surface area contributed by atoms with Crippen molar-refractivity contribution in [2.45, 2.75) is 45.4 Å². The van der Waals surface area contributed by atoms with Crippen molar-refractivity contribution >= 4 is 11.8 Å². The van der Waals surface area contributed by atoms with Crippen LogP contribution in [0.1, 0.15) is 56.0 Å². The second-order valence-corrected chi connectivity index (χ2v) is 5.50. The van der Waals surface area contributed by atoms with Gasteiger partial charge in [0.05, 0.1) is 0 Å². The van der Waals surface area contributed by atoms with Crippen molar-refractivity contribution in [3.63, 3.8) is 0 Å². The average Bonchev–Trinajstić information content (AvgIpc) is 2.27. The summed E-state index contributed by atoms with van der Waals surface area (Å²) < 4.78 is 0. The fraction of sp³-hybridized carbons (Fsp3) is 0.467. The molecular weight excluding hydrogens is 228 g/mol.